The number of nitrogens with zero attached hydrogens (tertiary/aromatic N) is 2. The number of hydrogen-bond donors (Lipinski definition) is 1. The number of phenols is 1. The molecule has 2 aliphatic heterocycles. The van der Waals surface area contributed by atoms with Crippen LogP contribution in [0.25, 0.3) is 24.3 Å². The van der Waals surface area contributed by atoms with Crippen molar-refractivity contribution < 1.29 is 61.1 Å². The molecule has 6 atom stereocenters. The SMILES string of the molecule is COc1ccc(OC)c(C=Cc2ccc(N3C(=O)[C@H]4[C@H](CC=C5[C@H]4C[C@H]4C(=O)N(c6ccc(C=Cc7cc(OC)ccc7OC)cc6)C(=O)[C@H]4[C@H]5c4cc(OC(F)(F)F)ccc4O)C3=O)cc2)c1. The Balaban J connectivity index is 1.03. The van der Waals surface area contributed by atoms with Crippen molar-refractivity contribution >= 4 is 59.3 Å². The lowest BCUT2D eigenvalue weighted by atomic mass is 9.57. The van der Waals surface area contributed by atoms with Gasteiger partial charge in [-0.1, -0.05) is 60.2 Å². The number of hydrogen-bond acceptors (Lipinski definition) is 10. The zero-order chi connectivity index (χ0) is 48.0. The fourth-order valence-electron chi connectivity index (χ4n) is 10.2. The van der Waals surface area contributed by atoms with Crippen molar-refractivity contribution in [3.8, 4) is 34.5 Å². The first-order chi connectivity index (χ1) is 32.7. The maximum Gasteiger partial charge on any atom is 0.573 e. The van der Waals surface area contributed by atoms with Crippen molar-refractivity contribution in [3.63, 3.8) is 0 Å². The normalized spacial score (nSPS) is 22.3. The molecule has 5 aromatic rings. The predicted molar refractivity (Wildman–Crippen MR) is 247 cm³/mol. The van der Waals surface area contributed by atoms with E-state index in [-0.39, 0.29) is 24.1 Å². The molecule has 348 valence electrons. The molecule has 0 unspecified atom stereocenters. The monoisotopic (exact) mass is 926 g/mol. The van der Waals surface area contributed by atoms with Gasteiger partial charge in [0.1, 0.15) is 34.5 Å². The molecule has 1 saturated carbocycles. The van der Waals surface area contributed by atoms with Crippen LogP contribution in [0, 0.1) is 29.6 Å². The summed E-state index contributed by atoms with van der Waals surface area (Å²) in [6.07, 6.45) is 4.12. The minimum atomic E-state index is -5.07. The first-order valence-corrected chi connectivity index (χ1v) is 21.8. The van der Waals surface area contributed by atoms with E-state index in [4.69, 9.17) is 18.9 Å². The molecule has 15 heteroatoms. The van der Waals surface area contributed by atoms with Crippen LogP contribution in [-0.2, 0) is 19.2 Å². The van der Waals surface area contributed by atoms with E-state index in [1.54, 1.807) is 107 Å². The molecule has 9 rings (SSSR count). The lowest BCUT2D eigenvalue weighted by molar-refractivity contribution is -0.274. The maximum absolute atomic E-state index is 14.8. The highest BCUT2D eigenvalue weighted by Gasteiger charge is 2.62. The second kappa shape index (κ2) is 18.1. The number of phenolic OH excluding ortho intramolecular Hbond substituents is 1. The largest absolute Gasteiger partial charge is 0.573 e. The van der Waals surface area contributed by atoms with Gasteiger partial charge >= 0.3 is 6.36 Å². The first kappa shape index (κ1) is 45.4. The second-order valence-corrected chi connectivity index (χ2v) is 16.9. The molecule has 0 aromatic heterocycles. The highest BCUT2D eigenvalue weighted by Crippen LogP contribution is 2.59. The van der Waals surface area contributed by atoms with E-state index in [0.29, 0.717) is 34.3 Å². The Kier molecular flexibility index (Phi) is 12.1. The fraction of sp³-hybridized carbons (Fsp3) is 0.245. The molecule has 2 saturated heterocycles. The number of alkyl halides is 3. The van der Waals surface area contributed by atoms with E-state index in [2.05, 4.69) is 4.74 Å². The average Bonchev–Trinajstić information content (AvgIpc) is 3.75. The predicted octanol–water partition coefficient (Wildman–Crippen LogP) is 9.71. The van der Waals surface area contributed by atoms with Crippen LogP contribution in [0.5, 0.6) is 34.5 Å². The molecular weight excluding hydrogens is 882 g/mol. The van der Waals surface area contributed by atoms with E-state index in [9.17, 15) is 37.5 Å². The number of rotatable bonds is 12. The van der Waals surface area contributed by atoms with Gasteiger partial charge < -0.3 is 28.8 Å². The lowest BCUT2D eigenvalue weighted by Gasteiger charge is -2.44. The highest BCUT2D eigenvalue weighted by atomic mass is 19.4. The van der Waals surface area contributed by atoms with Gasteiger partial charge in [-0.15, -0.1) is 13.2 Å². The summed E-state index contributed by atoms with van der Waals surface area (Å²) in [5.41, 5.74) is 4.04. The van der Waals surface area contributed by atoms with Crippen LogP contribution < -0.4 is 33.5 Å². The standard InChI is InChI=1S/C53H45F3N2O10/c1-64-35-18-23-44(66-3)31(25-35)11-5-29-7-13-33(14-8-29)57-49(60)39-21-20-38-40(47(39)51(57)62)28-42-48(46(38)41-27-37(17-22-43(41)59)68-53(54,55)56)52(63)58(50(42)61)34-15-9-30(10-16-34)6-12-32-26-36(65-2)19-24-45(32)67-4/h5-20,22-27,39-40,42,46-48,59H,21,28H2,1-4H3/t39-,40+,42+,46+,47-,48+/m0/s1. The molecule has 3 fully saturated rings. The number of amides is 4. The summed E-state index contributed by atoms with van der Waals surface area (Å²) in [5.74, 6) is -6.60. The van der Waals surface area contributed by atoms with Gasteiger partial charge in [0.05, 0.1) is 63.5 Å². The Morgan fingerprint density at radius 3 is 1.56 bits per heavy atom. The summed E-state index contributed by atoms with van der Waals surface area (Å²) in [4.78, 5) is 60.6. The number of methoxy groups -OCH3 is 4. The highest BCUT2D eigenvalue weighted by molar-refractivity contribution is 6.24. The third-order valence-electron chi connectivity index (χ3n) is 13.3. The van der Waals surface area contributed by atoms with Gasteiger partial charge in [0.15, 0.2) is 0 Å². The van der Waals surface area contributed by atoms with E-state index < -0.39 is 77.0 Å². The summed E-state index contributed by atoms with van der Waals surface area (Å²) in [6.45, 7) is 0. The minimum Gasteiger partial charge on any atom is -0.508 e. The molecular formula is C53H45F3N2O10. The van der Waals surface area contributed by atoms with Crippen LogP contribution in [0.3, 0.4) is 0 Å². The van der Waals surface area contributed by atoms with Crippen LogP contribution in [0.2, 0.25) is 0 Å². The van der Waals surface area contributed by atoms with Gasteiger partial charge in [0.2, 0.25) is 23.6 Å². The molecule has 0 bridgehead atoms. The van der Waals surface area contributed by atoms with Crippen LogP contribution in [0.1, 0.15) is 46.6 Å². The van der Waals surface area contributed by atoms with Gasteiger partial charge in [-0.3, -0.25) is 29.0 Å². The third kappa shape index (κ3) is 8.33. The first-order valence-electron chi connectivity index (χ1n) is 21.8. The van der Waals surface area contributed by atoms with Crippen LogP contribution in [-0.4, -0.2) is 63.5 Å². The molecule has 0 spiro atoms. The van der Waals surface area contributed by atoms with Crippen LogP contribution in [0.4, 0.5) is 24.5 Å². The quantitative estimate of drug-likeness (QED) is 0.0731. The Bertz CT molecular complexity index is 2910. The molecule has 1 N–H and O–H groups in total. The smallest absolute Gasteiger partial charge is 0.508 e. The molecule has 68 heavy (non-hydrogen) atoms. The lowest BCUT2D eigenvalue weighted by Crippen LogP contribution is -2.43. The number of allylic oxidation sites excluding steroid dienone is 2. The van der Waals surface area contributed by atoms with E-state index >= 15 is 0 Å². The Morgan fingerprint density at radius 1 is 0.559 bits per heavy atom. The molecule has 2 aliphatic carbocycles. The van der Waals surface area contributed by atoms with Crippen molar-refractivity contribution in [2.75, 3.05) is 38.2 Å². The minimum absolute atomic E-state index is 0.00224. The van der Waals surface area contributed by atoms with Gasteiger partial charge in [-0.05, 0) is 109 Å². The van der Waals surface area contributed by atoms with Crippen molar-refractivity contribution in [1.82, 2.24) is 0 Å². The van der Waals surface area contributed by atoms with E-state index in [0.717, 1.165) is 50.3 Å². The molecule has 5 aromatic carbocycles. The number of benzene rings is 5. The van der Waals surface area contributed by atoms with Crippen LogP contribution >= 0.6 is 0 Å². The number of anilines is 2. The number of halogens is 3. The Morgan fingerprint density at radius 2 is 1.06 bits per heavy atom. The topological polar surface area (TPSA) is 141 Å². The molecule has 4 amide bonds. The summed E-state index contributed by atoms with van der Waals surface area (Å²) in [7, 11) is 6.25. The van der Waals surface area contributed by atoms with E-state index in [1.165, 1.54) is 0 Å². The Labute approximate surface area is 389 Å². The van der Waals surface area contributed by atoms with Gasteiger partial charge in [0, 0.05) is 22.6 Å². The summed E-state index contributed by atoms with van der Waals surface area (Å²) in [6, 6.07) is 27.4. The van der Waals surface area contributed by atoms with Gasteiger partial charge in [-0.25, -0.2) is 0 Å². The number of carbonyl (C=O) groups is 4. The maximum atomic E-state index is 14.8. The number of fused-ring (bicyclic) bond motifs is 4. The van der Waals surface area contributed by atoms with Crippen LogP contribution in [0.15, 0.2) is 115 Å². The number of carbonyl (C=O) groups excluding carboxylic acids is 4. The van der Waals surface area contributed by atoms with Crippen molar-refractivity contribution in [3.05, 3.63) is 143 Å². The van der Waals surface area contributed by atoms with Crippen molar-refractivity contribution in [2.45, 2.75) is 25.1 Å². The molecule has 4 aliphatic rings. The third-order valence-corrected chi connectivity index (χ3v) is 13.3. The second-order valence-electron chi connectivity index (χ2n) is 16.9. The number of ether oxygens (including phenoxy) is 5. The van der Waals surface area contributed by atoms with Crippen molar-refractivity contribution in [1.29, 1.82) is 0 Å². The zero-order valence-electron chi connectivity index (χ0n) is 37.2. The average molecular weight is 927 g/mol. The number of aromatic hydroxyl groups is 1. The molecule has 0 radical (unpaired) electrons. The Hall–Kier alpha value is -7.81. The fourth-order valence-corrected chi connectivity index (χ4v) is 10.2. The zero-order valence-corrected chi connectivity index (χ0v) is 37.2. The van der Waals surface area contributed by atoms with Gasteiger partial charge in [0.25, 0.3) is 0 Å². The molecule has 12 nitrogen and oxygen atoms in total. The van der Waals surface area contributed by atoms with Crippen molar-refractivity contribution in [2.24, 2.45) is 29.6 Å². The summed E-state index contributed by atoms with van der Waals surface area (Å²) < 4.78 is 66.6. The number of imide groups is 2. The molecule has 2 heterocycles. The summed E-state index contributed by atoms with van der Waals surface area (Å²) >= 11 is 0. The van der Waals surface area contributed by atoms with E-state index in [1.807, 2.05) is 36.4 Å². The van der Waals surface area contributed by atoms with Gasteiger partial charge in [-0.2, -0.15) is 0 Å². The summed E-state index contributed by atoms with van der Waals surface area (Å²) in [5, 5.41) is 11.4.